The third-order valence-corrected chi connectivity index (χ3v) is 5.69. The van der Waals surface area contributed by atoms with E-state index in [4.69, 9.17) is 16.2 Å². The Morgan fingerprint density at radius 3 is 2.19 bits per heavy atom. The van der Waals surface area contributed by atoms with Crippen LogP contribution in [0.5, 0.6) is 11.5 Å². The molecule has 1 aromatic heterocycles. The van der Waals surface area contributed by atoms with Crippen LogP contribution in [0.1, 0.15) is 28.2 Å². The number of carbonyl (C=O) groups excluding carboxylic acids is 2. The smallest absolute Gasteiger partial charge is 0.416 e. The topological polar surface area (TPSA) is 145 Å². The van der Waals surface area contributed by atoms with E-state index in [-0.39, 0.29) is 23.8 Å². The van der Waals surface area contributed by atoms with Crippen LogP contribution >= 0.6 is 0 Å². The summed E-state index contributed by atoms with van der Waals surface area (Å²) in [6, 6.07) is 11.2. The zero-order chi connectivity index (χ0) is 26.0. The molecular formula is C24H22F3N5O4. The maximum Gasteiger partial charge on any atom is 0.416 e. The average molecular weight is 501 g/mol. The highest BCUT2D eigenvalue weighted by Crippen LogP contribution is 2.32. The molecule has 36 heavy (non-hydrogen) atoms. The lowest BCUT2D eigenvalue weighted by molar-refractivity contribution is -0.137. The summed E-state index contributed by atoms with van der Waals surface area (Å²) in [6.07, 6.45) is -4.96. The van der Waals surface area contributed by atoms with Crippen LogP contribution in [0.25, 0.3) is 11.4 Å². The van der Waals surface area contributed by atoms with Crippen molar-refractivity contribution in [2.45, 2.75) is 31.3 Å². The quantitative estimate of drug-likeness (QED) is 0.451. The van der Waals surface area contributed by atoms with Gasteiger partial charge in [0.2, 0.25) is 5.91 Å². The first kappa shape index (κ1) is 25.1. The summed E-state index contributed by atoms with van der Waals surface area (Å²) in [7, 11) is 0. The van der Waals surface area contributed by atoms with Crippen LogP contribution in [0.3, 0.4) is 0 Å². The number of rotatable bonds is 7. The van der Waals surface area contributed by atoms with Crippen LogP contribution in [0.4, 0.5) is 13.2 Å². The van der Waals surface area contributed by atoms with Crippen molar-refractivity contribution < 1.29 is 32.6 Å². The molecule has 1 saturated heterocycles. The van der Waals surface area contributed by atoms with Gasteiger partial charge in [0.15, 0.2) is 5.82 Å². The molecule has 1 aliphatic heterocycles. The standard InChI is InChI=1S/C24H22F3N5O4/c25-24(26,27)14-3-7-17(8-4-14)36-16-5-1-13(2-6-16)23-30-15(11-18(31-23)21(28)34)12-32-10-9-19(33)20(32)22(29)35/h1-8,11,19-20,33H,9-10,12H2,(H2,28,34)(H2,29,35)/t19-,20+/m1/s1. The van der Waals surface area contributed by atoms with Crippen molar-refractivity contribution in [2.24, 2.45) is 11.5 Å². The molecule has 0 radical (unpaired) electrons. The van der Waals surface area contributed by atoms with E-state index in [2.05, 4.69) is 9.97 Å². The highest BCUT2D eigenvalue weighted by Gasteiger charge is 2.37. The Morgan fingerprint density at radius 1 is 1.03 bits per heavy atom. The molecule has 188 valence electrons. The SMILES string of the molecule is NC(=O)c1cc(CN2CC[C@@H](O)[C@H]2C(N)=O)nc(-c2ccc(Oc3ccc(C(F)(F)F)cc3)cc2)n1. The summed E-state index contributed by atoms with van der Waals surface area (Å²) in [5.41, 5.74) is 11.0. The van der Waals surface area contributed by atoms with Gasteiger partial charge in [0.05, 0.1) is 17.4 Å². The summed E-state index contributed by atoms with van der Waals surface area (Å²) in [6.45, 7) is 0.547. The third kappa shape index (κ3) is 5.61. The zero-order valence-corrected chi connectivity index (χ0v) is 18.8. The molecule has 0 saturated carbocycles. The average Bonchev–Trinajstić information content (AvgIpc) is 3.19. The monoisotopic (exact) mass is 501 g/mol. The molecule has 2 heterocycles. The van der Waals surface area contributed by atoms with E-state index in [1.165, 1.54) is 18.2 Å². The van der Waals surface area contributed by atoms with Gasteiger partial charge in [-0.2, -0.15) is 13.2 Å². The van der Waals surface area contributed by atoms with Crippen LogP contribution in [-0.4, -0.2) is 50.5 Å². The largest absolute Gasteiger partial charge is 0.457 e. The van der Waals surface area contributed by atoms with Crippen molar-refractivity contribution >= 4 is 11.8 Å². The molecule has 2 atom stereocenters. The maximum atomic E-state index is 12.7. The van der Waals surface area contributed by atoms with Crippen LogP contribution in [0.15, 0.2) is 54.6 Å². The second-order valence-corrected chi connectivity index (χ2v) is 8.25. The summed E-state index contributed by atoms with van der Waals surface area (Å²) in [4.78, 5) is 34.0. The van der Waals surface area contributed by atoms with Gasteiger partial charge in [-0.1, -0.05) is 0 Å². The molecule has 0 aliphatic carbocycles. The van der Waals surface area contributed by atoms with Gasteiger partial charge in [0, 0.05) is 18.7 Å². The minimum Gasteiger partial charge on any atom is -0.457 e. The summed E-state index contributed by atoms with van der Waals surface area (Å²) in [5.74, 6) is -0.650. The van der Waals surface area contributed by atoms with Crippen molar-refractivity contribution in [3.63, 3.8) is 0 Å². The molecule has 1 aliphatic rings. The number of carbonyl (C=O) groups is 2. The number of ether oxygens (including phenoxy) is 1. The number of primary amides is 2. The van der Waals surface area contributed by atoms with Crippen LogP contribution in [0.2, 0.25) is 0 Å². The molecule has 9 nitrogen and oxygen atoms in total. The molecule has 0 spiro atoms. The van der Waals surface area contributed by atoms with Gasteiger partial charge in [0.25, 0.3) is 5.91 Å². The molecule has 2 aromatic carbocycles. The Balaban J connectivity index is 1.55. The van der Waals surface area contributed by atoms with Gasteiger partial charge in [-0.3, -0.25) is 14.5 Å². The van der Waals surface area contributed by atoms with Crippen molar-refractivity contribution in [3.8, 4) is 22.9 Å². The van der Waals surface area contributed by atoms with E-state index < -0.39 is 35.7 Å². The normalized spacial score (nSPS) is 18.2. The molecule has 0 unspecified atom stereocenters. The molecule has 3 aromatic rings. The lowest BCUT2D eigenvalue weighted by Crippen LogP contribution is -2.45. The minimum absolute atomic E-state index is 0.0320. The molecule has 4 rings (SSSR count). The van der Waals surface area contributed by atoms with E-state index in [0.717, 1.165) is 12.1 Å². The molecule has 1 fully saturated rings. The van der Waals surface area contributed by atoms with Crippen LogP contribution < -0.4 is 16.2 Å². The lowest BCUT2D eigenvalue weighted by atomic mass is 10.1. The first-order chi connectivity index (χ1) is 17.0. The van der Waals surface area contributed by atoms with Crippen molar-refractivity contribution in [3.05, 3.63) is 71.5 Å². The Labute approximate surface area is 203 Å². The number of nitrogens with two attached hydrogens (primary N) is 2. The first-order valence-electron chi connectivity index (χ1n) is 10.9. The number of hydrogen-bond donors (Lipinski definition) is 3. The van der Waals surface area contributed by atoms with Crippen molar-refractivity contribution in [2.75, 3.05) is 6.54 Å². The molecule has 2 amide bonds. The van der Waals surface area contributed by atoms with Gasteiger partial charge >= 0.3 is 6.18 Å². The van der Waals surface area contributed by atoms with Gasteiger partial charge in [-0.05, 0) is 61.0 Å². The van der Waals surface area contributed by atoms with E-state index >= 15 is 0 Å². The number of halogens is 3. The highest BCUT2D eigenvalue weighted by atomic mass is 19.4. The van der Waals surface area contributed by atoms with Gasteiger partial charge < -0.3 is 21.3 Å². The number of aliphatic hydroxyl groups excluding tert-OH is 1. The molecule has 5 N–H and O–H groups in total. The van der Waals surface area contributed by atoms with E-state index in [9.17, 15) is 27.9 Å². The minimum atomic E-state index is -4.44. The number of benzene rings is 2. The maximum absolute atomic E-state index is 12.7. The fraction of sp³-hybridized carbons (Fsp3) is 0.250. The Hall–Kier alpha value is -4.03. The van der Waals surface area contributed by atoms with Crippen LogP contribution in [0, 0.1) is 0 Å². The summed E-state index contributed by atoms with van der Waals surface area (Å²) >= 11 is 0. The fourth-order valence-corrected chi connectivity index (χ4v) is 3.95. The predicted molar refractivity (Wildman–Crippen MR) is 122 cm³/mol. The summed E-state index contributed by atoms with van der Waals surface area (Å²) in [5, 5.41) is 10.1. The molecular weight excluding hydrogens is 479 g/mol. The second kappa shape index (κ2) is 9.91. The third-order valence-electron chi connectivity index (χ3n) is 5.69. The van der Waals surface area contributed by atoms with E-state index in [1.54, 1.807) is 29.2 Å². The van der Waals surface area contributed by atoms with Crippen molar-refractivity contribution in [1.29, 1.82) is 0 Å². The first-order valence-corrected chi connectivity index (χ1v) is 10.9. The number of alkyl halides is 3. The number of hydrogen-bond acceptors (Lipinski definition) is 7. The number of nitrogens with zero attached hydrogens (tertiary/aromatic N) is 3. The van der Waals surface area contributed by atoms with Gasteiger partial charge in [-0.25, -0.2) is 9.97 Å². The fourth-order valence-electron chi connectivity index (χ4n) is 3.95. The van der Waals surface area contributed by atoms with Gasteiger partial charge in [-0.15, -0.1) is 0 Å². The van der Waals surface area contributed by atoms with Crippen molar-refractivity contribution in [1.82, 2.24) is 14.9 Å². The Bertz CT molecular complexity index is 1270. The highest BCUT2D eigenvalue weighted by molar-refractivity contribution is 5.91. The number of aliphatic hydroxyl groups is 1. The summed E-state index contributed by atoms with van der Waals surface area (Å²) < 4.78 is 43.8. The zero-order valence-electron chi connectivity index (χ0n) is 18.8. The molecule has 0 bridgehead atoms. The number of aromatic nitrogens is 2. The van der Waals surface area contributed by atoms with E-state index in [1.807, 2.05) is 0 Å². The number of likely N-dealkylation sites (tertiary alicyclic amines) is 1. The second-order valence-electron chi connectivity index (χ2n) is 8.25. The van der Waals surface area contributed by atoms with Gasteiger partial charge in [0.1, 0.15) is 23.2 Å². The predicted octanol–water partition coefficient (Wildman–Crippen LogP) is 2.47. The number of amides is 2. The van der Waals surface area contributed by atoms with E-state index in [0.29, 0.717) is 30.0 Å². The lowest BCUT2D eigenvalue weighted by Gasteiger charge is -2.23. The molecule has 12 heteroatoms. The Kier molecular flexibility index (Phi) is 6.91. The Morgan fingerprint density at radius 2 is 1.64 bits per heavy atom. The van der Waals surface area contributed by atoms with Crippen LogP contribution in [-0.2, 0) is 17.5 Å².